The molecule has 3 heterocycles. The van der Waals surface area contributed by atoms with E-state index >= 15 is 0 Å². The van der Waals surface area contributed by atoms with Crippen LogP contribution in [0, 0.1) is 0 Å². The van der Waals surface area contributed by atoms with Gasteiger partial charge in [-0.25, -0.2) is 14.8 Å². The number of nitrogens with one attached hydrogen (secondary N) is 2. The monoisotopic (exact) mass is 422 g/mol. The average molecular weight is 422 g/mol. The Labute approximate surface area is 169 Å². The van der Waals surface area contributed by atoms with Gasteiger partial charge in [-0.3, -0.25) is 4.79 Å². The van der Waals surface area contributed by atoms with E-state index in [1.807, 2.05) is 6.07 Å². The van der Waals surface area contributed by atoms with E-state index in [0.717, 1.165) is 12.4 Å². The van der Waals surface area contributed by atoms with Gasteiger partial charge in [0.15, 0.2) is 0 Å². The van der Waals surface area contributed by atoms with Crippen LogP contribution in [0.5, 0.6) is 0 Å². The molecule has 0 saturated heterocycles. The summed E-state index contributed by atoms with van der Waals surface area (Å²) in [5.74, 6) is 0. The number of halogens is 3. The first-order chi connectivity index (χ1) is 14.2. The van der Waals surface area contributed by atoms with Crippen molar-refractivity contribution in [1.82, 2.24) is 29.7 Å². The van der Waals surface area contributed by atoms with E-state index in [1.54, 1.807) is 17.0 Å². The molecule has 1 aliphatic rings. The van der Waals surface area contributed by atoms with Gasteiger partial charge >= 0.3 is 12.2 Å². The zero-order valence-corrected chi connectivity index (χ0v) is 16.2. The van der Waals surface area contributed by atoms with Crippen molar-refractivity contribution in [3.63, 3.8) is 0 Å². The first-order valence-electron chi connectivity index (χ1n) is 9.64. The van der Waals surface area contributed by atoms with Gasteiger partial charge in [-0.2, -0.15) is 13.2 Å². The first kappa shape index (κ1) is 20.2. The van der Waals surface area contributed by atoms with Crippen LogP contribution in [0.15, 0.2) is 29.5 Å². The van der Waals surface area contributed by atoms with E-state index in [0.29, 0.717) is 47.3 Å². The Kier molecular flexibility index (Phi) is 5.12. The second kappa shape index (κ2) is 7.62. The van der Waals surface area contributed by atoms with Gasteiger partial charge < -0.3 is 19.8 Å². The molecule has 1 fully saturated rings. The molecule has 4 rings (SSSR count). The molecule has 0 spiro atoms. The topological polar surface area (TPSA) is 95.9 Å². The number of H-pyrrole nitrogens is 1. The fraction of sp³-hybridized carbons (Fsp3) is 0.474. The third kappa shape index (κ3) is 3.96. The molecule has 0 aliphatic heterocycles. The third-order valence-corrected chi connectivity index (χ3v) is 5.48. The Morgan fingerprint density at radius 1 is 1.27 bits per heavy atom. The Morgan fingerprint density at radius 3 is 2.70 bits per heavy atom. The highest BCUT2D eigenvalue weighted by atomic mass is 19.4. The first-order valence-corrected chi connectivity index (χ1v) is 9.64. The summed E-state index contributed by atoms with van der Waals surface area (Å²) in [4.78, 5) is 36.9. The molecule has 0 bridgehead atoms. The summed E-state index contributed by atoms with van der Waals surface area (Å²) in [6.45, 7) is -1.30. The lowest BCUT2D eigenvalue weighted by atomic mass is 9.90. The minimum absolute atomic E-state index is 0.0930. The van der Waals surface area contributed by atoms with Gasteiger partial charge in [-0.05, 0) is 31.7 Å². The number of nitrogens with zero attached hydrogens (tertiary/aromatic N) is 4. The molecule has 1 aliphatic carbocycles. The molecule has 2 N–H and O–H groups in total. The Morgan fingerprint density at radius 2 is 2.00 bits per heavy atom. The van der Waals surface area contributed by atoms with Crippen LogP contribution in [-0.4, -0.2) is 56.3 Å². The predicted molar refractivity (Wildman–Crippen MR) is 104 cm³/mol. The van der Waals surface area contributed by atoms with Crippen LogP contribution in [0.1, 0.15) is 31.7 Å². The largest absolute Gasteiger partial charge is 0.406 e. The standard InChI is InChI=1S/C19H21F3N6O2/c1-27(10-19(20,21)22)18(30)26-11-2-4-12(5-3-11)28-15(29)9-24-14-8-25-17-13(16(14)28)6-7-23-17/h6-9,11-12H,2-5,10H2,1H3,(H,23,25)(H,26,30)/t11-,12-. The van der Waals surface area contributed by atoms with Crippen molar-refractivity contribution in [2.75, 3.05) is 13.6 Å². The second-order valence-corrected chi connectivity index (χ2v) is 7.62. The van der Waals surface area contributed by atoms with Gasteiger partial charge in [0.1, 0.15) is 17.7 Å². The van der Waals surface area contributed by atoms with Crippen molar-refractivity contribution < 1.29 is 18.0 Å². The van der Waals surface area contributed by atoms with Crippen molar-refractivity contribution >= 4 is 28.1 Å². The van der Waals surface area contributed by atoms with E-state index in [-0.39, 0.29) is 17.6 Å². The van der Waals surface area contributed by atoms with Crippen LogP contribution in [0.4, 0.5) is 18.0 Å². The zero-order chi connectivity index (χ0) is 21.5. The quantitative estimate of drug-likeness (QED) is 0.678. The molecule has 3 aromatic heterocycles. The summed E-state index contributed by atoms with van der Waals surface area (Å²) in [7, 11) is 1.12. The second-order valence-electron chi connectivity index (χ2n) is 7.62. The Bertz CT molecular complexity index is 1130. The van der Waals surface area contributed by atoms with Crippen LogP contribution in [0.25, 0.3) is 22.1 Å². The van der Waals surface area contributed by atoms with Crippen molar-refractivity contribution in [3.05, 3.63) is 35.0 Å². The lowest BCUT2D eigenvalue weighted by Crippen LogP contribution is -2.47. The van der Waals surface area contributed by atoms with Crippen LogP contribution in [0.3, 0.4) is 0 Å². The number of aromatic amines is 1. The van der Waals surface area contributed by atoms with Crippen LogP contribution >= 0.6 is 0 Å². The number of alkyl halides is 3. The average Bonchev–Trinajstić information content (AvgIpc) is 3.16. The number of fused-ring (bicyclic) bond motifs is 3. The molecule has 30 heavy (non-hydrogen) atoms. The highest BCUT2D eigenvalue weighted by Gasteiger charge is 2.32. The summed E-state index contributed by atoms with van der Waals surface area (Å²) < 4.78 is 39.1. The molecule has 2 amide bonds. The summed E-state index contributed by atoms with van der Waals surface area (Å²) in [5, 5.41) is 3.47. The molecule has 0 atom stereocenters. The van der Waals surface area contributed by atoms with Gasteiger partial charge in [0.25, 0.3) is 5.56 Å². The van der Waals surface area contributed by atoms with Gasteiger partial charge in [0, 0.05) is 30.7 Å². The number of carbonyl (C=O) groups is 1. The number of carbonyl (C=O) groups excluding carboxylic acids is 1. The Balaban J connectivity index is 1.50. The van der Waals surface area contributed by atoms with Crippen LogP contribution in [-0.2, 0) is 0 Å². The van der Waals surface area contributed by atoms with E-state index in [4.69, 9.17) is 0 Å². The molecule has 0 aromatic carbocycles. The molecule has 0 unspecified atom stereocenters. The van der Waals surface area contributed by atoms with Crippen molar-refractivity contribution in [2.45, 2.75) is 43.9 Å². The fourth-order valence-electron chi connectivity index (χ4n) is 4.09. The molecule has 8 nitrogen and oxygen atoms in total. The molecule has 3 aromatic rings. The number of hydrogen-bond acceptors (Lipinski definition) is 4. The zero-order valence-electron chi connectivity index (χ0n) is 16.2. The summed E-state index contributed by atoms with van der Waals surface area (Å²) in [6.07, 6.45) is 2.56. The molecule has 160 valence electrons. The summed E-state index contributed by atoms with van der Waals surface area (Å²) >= 11 is 0. The number of rotatable bonds is 3. The number of pyridine rings is 1. The maximum Gasteiger partial charge on any atom is 0.406 e. The van der Waals surface area contributed by atoms with E-state index in [9.17, 15) is 22.8 Å². The number of urea groups is 1. The van der Waals surface area contributed by atoms with Crippen molar-refractivity contribution in [2.24, 2.45) is 0 Å². The highest BCUT2D eigenvalue weighted by molar-refractivity contribution is 6.00. The van der Waals surface area contributed by atoms with Crippen LogP contribution in [0.2, 0.25) is 0 Å². The van der Waals surface area contributed by atoms with E-state index in [2.05, 4.69) is 20.3 Å². The van der Waals surface area contributed by atoms with Crippen molar-refractivity contribution in [3.8, 4) is 0 Å². The van der Waals surface area contributed by atoms with E-state index < -0.39 is 18.8 Å². The minimum atomic E-state index is -4.44. The lowest BCUT2D eigenvalue weighted by Gasteiger charge is -2.32. The van der Waals surface area contributed by atoms with Gasteiger partial charge in [-0.15, -0.1) is 0 Å². The fourth-order valence-corrected chi connectivity index (χ4v) is 4.09. The van der Waals surface area contributed by atoms with E-state index in [1.165, 1.54) is 6.20 Å². The normalized spacial score (nSPS) is 19.9. The number of hydrogen-bond donors (Lipinski definition) is 2. The smallest absolute Gasteiger partial charge is 0.346 e. The number of aromatic nitrogens is 4. The van der Waals surface area contributed by atoms with Gasteiger partial charge in [0.05, 0.1) is 17.9 Å². The number of amides is 2. The lowest BCUT2D eigenvalue weighted by molar-refractivity contribution is -0.137. The third-order valence-electron chi connectivity index (χ3n) is 5.48. The minimum Gasteiger partial charge on any atom is -0.346 e. The van der Waals surface area contributed by atoms with Gasteiger partial charge in [0.2, 0.25) is 0 Å². The molecular weight excluding hydrogens is 401 g/mol. The molecule has 0 radical (unpaired) electrons. The van der Waals surface area contributed by atoms with Gasteiger partial charge in [-0.1, -0.05) is 0 Å². The maximum atomic E-state index is 12.7. The Hall–Kier alpha value is -3.11. The summed E-state index contributed by atoms with van der Waals surface area (Å²) in [5.41, 5.74) is 1.78. The molecular formula is C19H21F3N6O2. The molecule has 11 heteroatoms. The summed E-state index contributed by atoms with van der Waals surface area (Å²) in [6, 6.07) is 0.777. The predicted octanol–water partition coefficient (Wildman–Crippen LogP) is 2.96. The van der Waals surface area contributed by atoms with Crippen molar-refractivity contribution in [1.29, 1.82) is 0 Å². The SMILES string of the molecule is CN(CC(F)(F)F)C(=O)N[C@H]1CC[C@H](n2c(=O)cnc3cnc4[nH]ccc4c32)CC1. The maximum absolute atomic E-state index is 12.7. The highest BCUT2D eigenvalue weighted by Crippen LogP contribution is 2.31. The molecule has 1 saturated carbocycles. The van der Waals surface area contributed by atoms with Crippen LogP contribution < -0.4 is 10.9 Å².